The van der Waals surface area contributed by atoms with Gasteiger partial charge in [-0.2, -0.15) is 0 Å². The minimum Gasteiger partial charge on any atom is -0.478 e. The molecule has 2 rings (SSSR count). The first kappa shape index (κ1) is 18.0. The van der Waals surface area contributed by atoms with Crippen molar-refractivity contribution in [3.63, 3.8) is 0 Å². The van der Waals surface area contributed by atoms with Crippen LogP contribution in [0.4, 0.5) is 0 Å². The maximum absolute atomic E-state index is 12.1. The molecule has 0 fully saturated rings. The number of carbonyl (C=O) groups is 1. The molecule has 1 atom stereocenters. The molecule has 2 aromatic rings. The van der Waals surface area contributed by atoms with Crippen LogP contribution in [-0.4, -0.2) is 18.7 Å². The zero-order valence-electron chi connectivity index (χ0n) is 14.9. The van der Waals surface area contributed by atoms with Crippen molar-refractivity contribution in [2.45, 2.75) is 53.6 Å². The topological polar surface area (TPSA) is 65.7 Å². The average molecular weight is 332 g/mol. The SMILES string of the molecule is CCOC(=O)[C@@H](CC)Oc1ccc2c(C)c(CC)c(=O)oc2c1C. The first-order chi connectivity index (χ1) is 11.4. The van der Waals surface area contributed by atoms with Crippen molar-refractivity contribution in [3.8, 4) is 5.75 Å². The lowest BCUT2D eigenvalue weighted by atomic mass is 10.0. The van der Waals surface area contributed by atoms with Gasteiger partial charge in [-0.3, -0.25) is 0 Å². The van der Waals surface area contributed by atoms with Crippen molar-refractivity contribution in [2.24, 2.45) is 0 Å². The predicted molar refractivity (Wildman–Crippen MR) is 92.7 cm³/mol. The maximum atomic E-state index is 12.1. The van der Waals surface area contributed by atoms with E-state index < -0.39 is 12.1 Å². The van der Waals surface area contributed by atoms with Crippen LogP contribution < -0.4 is 10.4 Å². The molecule has 0 N–H and O–H groups in total. The smallest absolute Gasteiger partial charge is 0.347 e. The van der Waals surface area contributed by atoms with E-state index in [0.717, 1.165) is 10.9 Å². The van der Waals surface area contributed by atoms with Gasteiger partial charge in [-0.05, 0) is 51.3 Å². The largest absolute Gasteiger partial charge is 0.478 e. The van der Waals surface area contributed by atoms with E-state index in [1.165, 1.54) is 0 Å². The second kappa shape index (κ2) is 7.51. The summed E-state index contributed by atoms with van der Waals surface area (Å²) >= 11 is 0. The Labute approximate surface area is 141 Å². The second-order valence-electron chi connectivity index (χ2n) is 5.68. The van der Waals surface area contributed by atoms with Crippen molar-refractivity contribution in [1.29, 1.82) is 0 Å². The van der Waals surface area contributed by atoms with E-state index in [1.54, 1.807) is 6.92 Å². The van der Waals surface area contributed by atoms with E-state index in [-0.39, 0.29) is 5.63 Å². The first-order valence-electron chi connectivity index (χ1n) is 8.33. The molecule has 130 valence electrons. The van der Waals surface area contributed by atoms with Crippen LogP contribution in [0.5, 0.6) is 5.75 Å². The van der Waals surface area contributed by atoms with Crippen LogP contribution in [0.25, 0.3) is 11.0 Å². The maximum Gasteiger partial charge on any atom is 0.347 e. The van der Waals surface area contributed by atoms with E-state index in [2.05, 4.69) is 0 Å². The van der Waals surface area contributed by atoms with E-state index in [0.29, 0.717) is 41.9 Å². The Morgan fingerprint density at radius 1 is 1.17 bits per heavy atom. The van der Waals surface area contributed by atoms with Crippen LogP contribution in [0.1, 0.15) is 43.9 Å². The third-order valence-electron chi connectivity index (χ3n) is 4.20. The molecule has 0 saturated heterocycles. The summed E-state index contributed by atoms with van der Waals surface area (Å²) in [5.41, 5.74) is 2.51. The minimum absolute atomic E-state index is 0.309. The van der Waals surface area contributed by atoms with Gasteiger partial charge in [-0.1, -0.05) is 13.8 Å². The van der Waals surface area contributed by atoms with Gasteiger partial charge in [0.05, 0.1) is 6.61 Å². The summed E-state index contributed by atoms with van der Waals surface area (Å²) in [6.45, 7) is 9.60. The number of benzene rings is 1. The summed E-state index contributed by atoms with van der Waals surface area (Å²) in [7, 11) is 0. The summed E-state index contributed by atoms with van der Waals surface area (Å²) in [6, 6.07) is 3.68. The molecule has 0 aliphatic carbocycles. The third-order valence-corrected chi connectivity index (χ3v) is 4.20. The summed E-state index contributed by atoms with van der Waals surface area (Å²) in [5, 5.41) is 0.889. The van der Waals surface area contributed by atoms with Crippen molar-refractivity contribution < 1.29 is 18.7 Å². The van der Waals surface area contributed by atoms with Gasteiger partial charge in [0, 0.05) is 16.5 Å². The highest BCUT2D eigenvalue weighted by Gasteiger charge is 2.22. The highest BCUT2D eigenvalue weighted by molar-refractivity contribution is 5.85. The Kier molecular flexibility index (Phi) is 5.65. The monoisotopic (exact) mass is 332 g/mol. The van der Waals surface area contributed by atoms with Crippen molar-refractivity contribution in [3.05, 3.63) is 39.2 Å². The molecule has 0 unspecified atom stereocenters. The van der Waals surface area contributed by atoms with Crippen molar-refractivity contribution >= 4 is 16.9 Å². The lowest BCUT2D eigenvalue weighted by molar-refractivity contribution is -0.151. The quantitative estimate of drug-likeness (QED) is 0.596. The lowest BCUT2D eigenvalue weighted by Crippen LogP contribution is -2.29. The van der Waals surface area contributed by atoms with Crippen LogP contribution >= 0.6 is 0 Å². The second-order valence-corrected chi connectivity index (χ2v) is 5.68. The fourth-order valence-corrected chi connectivity index (χ4v) is 2.79. The molecular formula is C19H24O5. The van der Waals surface area contributed by atoms with Crippen LogP contribution in [0.3, 0.4) is 0 Å². The first-order valence-corrected chi connectivity index (χ1v) is 8.33. The van der Waals surface area contributed by atoms with Gasteiger partial charge in [-0.25, -0.2) is 9.59 Å². The minimum atomic E-state index is -0.677. The molecule has 1 heterocycles. The molecule has 24 heavy (non-hydrogen) atoms. The average Bonchev–Trinajstić information content (AvgIpc) is 2.55. The normalized spacial score (nSPS) is 12.2. The molecule has 0 bridgehead atoms. The number of hydrogen-bond acceptors (Lipinski definition) is 5. The van der Waals surface area contributed by atoms with Gasteiger partial charge in [0.1, 0.15) is 11.3 Å². The van der Waals surface area contributed by atoms with E-state index >= 15 is 0 Å². The fourth-order valence-electron chi connectivity index (χ4n) is 2.79. The molecule has 0 aliphatic rings. The van der Waals surface area contributed by atoms with E-state index in [9.17, 15) is 9.59 Å². The molecule has 0 amide bonds. The molecule has 5 nitrogen and oxygen atoms in total. The van der Waals surface area contributed by atoms with Crippen LogP contribution in [0.2, 0.25) is 0 Å². The fraction of sp³-hybridized carbons (Fsp3) is 0.474. The van der Waals surface area contributed by atoms with Gasteiger partial charge in [0.2, 0.25) is 0 Å². The van der Waals surface area contributed by atoms with Gasteiger partial charge < -0.3 is 13.9 Å². The molecule has 5 heteroatoms. The number of fused-ring (bicyclic) bond motifs is 1. The Morgan fingerprint density at radius 3 is 2.46 bits per heavy atom. The number of carbonyl (C=O) groups excluding carboxylic acids is 1. The van der Waals surface area contributed by atoms with Crippen molar-refractivity contribution in [1.82, 2.24) is 0 Å². The molecule has 0 saturated carbocycles. The zero-order chi connectivity index (χ0) is 17.9. The highest BCUT2D eigenvalue weighted by atomic mass is 16.6. The number of aryl methyl sites for hydroxylation is 2. The summed E-state index contributed by atoms with van der Waals surface area (Å²) < 4.78 is 16.3. The molecule has 0 spiro atoms. The van der Waals surface area contributed by atoms with Gasteiger partial charge in [0.25, 0.3) is 0 Å². The lowest BCUT2D eigenvalue weighted by Gasteiger charge is -2.18. The van der Waals surface area contributed by atoms with E-state index in [1.807, 2.05) is 39.8 Å². The van der Waals surface area contributed by atoms with Gasteiger partial charge in [0.15, 0.2) is 6.10 Å². The van der Waals surface area contributed by atoms with Crippen LogP contribution in [0, 0.1) is 13.8 Å². The van der Waals surface area contributed by atoms with Crippen LogP contribution in [0.15, 0.2) is 21.3 Å². The van der Waals surface area contributed by atoms with Crippen LogP contribution in [-0.2, 0) is 16.0 Å². The van der Waals surface area contributed by atoms with Gasteiger partial charge >= 0.3 is 11.6 Å². The molecule has 1 aromatic heterocycles. The summed E-state index contributed by atoms with van der Waals surface area (Å²) in [4.78, 5) is 24.1. The summed E-state index contributed by atoms with van der Waals surface area (Å²) in [6.07, 6.45) is 0.444. The number of esters is 1. The zero-order valence-corrected chi connectivity index (χ0v) is 14.9. The Hall–Kier alpha value is -2.30. The molecule has 0 aliphatic heterocycles. The van der Waals surface area contributed by atoms with Crippen molar-refractivity contribution in [2.75, 3.05) is 6.61 Å². The Morgan fingerprint density at radius 2 is 1.88 bits per heavy atom. The highest BCUT2D eigenvalue weighted by Crippen LogP contribution is 2.30. The Bertz CT molecular complexity index is 803. The molecule has 0 radical (unpaired) electrons. The summed E-state index contributed by atoms with van der Waals surface area (Å²) in [5.74, 6) is 0.132. The number of hydrogen-bond donors (Lipinski definition) is 0. The third kappa shape index (κ3) is 3.30. The standard InChI is InChI=1S/C19H24O5/c1-6-13-11(4)14-9-10-16(12(5)17(14)24-18(13)20)23-15(7-2)19(21)22-8-3/h9-10,15H,6-8H2,1-5H3/t15-/m1/s1. The van der Waals surface area contributed by atoms with E-state index in [4.69, 9.17) is 13.9 Å². The predicted octanol–water partition coefficient (Wildman–Crippen LogP) is 3.69. The number of rotatable bonds is 6. The Balaban J connectivity index is 2.49. The van der Waals surface area contributed by atoms with Gasteiger partial charge in [-0.15, -0.1) is 0 Å². The number of ether oxygens (including phenoxy) is 2. The molecule has 1 aromatic carbocycles. The molecular weight excluding hydrogens is 308 g/mol.